The lowest BCUT2D eigenvalue weighted by atomic mass is 10.0. The van der Waals surface area contributed by atoms with Gasteiger partial charge in [-0.3, -0.25) is 13.9 Å². The Morgan fingerprint density at radius 3 is 1.97 bits per heavy atom. The van der Waals surface area contributed by atoms with E-state index in [1.54, 1.807) is 24.3 Å². The monoisotopic (exact) mass is 599 g/mol. The van der Waals surface area contributed by atoms with E-state index >= 15 is 0 Å². The van der Waals surface area contributed by atoms with Crippen molar-refractivity contribution >= 4 is 43.5 Å². The van der Waals surface area contributed by atoms with Crippen LogP contribution in [0.2, 0.25) is 0 Å². The molecule has 9 heteroatoms. The summed E-state index contributed by atoms with van der Waals surface area (Å²) in [6.07, 6.45) is 2.10. The van der Waals surface area contributed by atoms with E-state index in [1.165, 1.54) is 4.90 Å². The smallest absolute Gasteiger partial charge is 0.244 e. The zero-order valence-electron chi connectivity index (χ0n) is 21.9. The molecule has 0 aromatic heterocycles. The van der Waals surface area contributed by atoms with Crippen LogP contribution in [0.5, 0.6) is 0 Å². The van der Waals surface area contributed by atoms with Crippen molar-refractivity contribution in [2.75, 3.05) is 17.1 Å². The van der Waals surface area contributed by atoms with Gasteiger partial charge in [0.15, 0.2) is 0 Å². The van der Waals surface area contributed by atoms with Crippen LogP contribution in [-0.4, -0.2) is 50.0 Å². The Balaban J connectivity index is 2.03. The first-order valence-electron chi connectivity index (χ1n) is 12.5. The molecule has 202 valence electrons. The van der Waals surface area contributed by atoms with E-state index in [9.17, 15) is 18.0 Å². The molecule has 38 heavy (non-hydrogen) atoms. The molecule has 0 aliphatic heterocycles. The predicted octanol–water partition coefficient (Wildman–Crippen LogP) is 4.77. The third-order valence-electron chi connectivity index (χ3n) is 6.26. The lowest BCUT2D eigenvalue weighted by molar-refractivity contribution is -0.140. The van der Waals surface area contributed by atoms with Crippen LogP contribution in [0.15, 0.2) is 89.4 Å². The van der Waals surface area contributed by atoms with Crippen molar-refractivity contribution in [3.05, 3.63) is 101 Å². The molecule has 7 nitrogen and oxygen atoms in total. The number of anilines is 1. The molecule has 2 amide bonds. The molecule has 0 saturated heterocycles. The van der Waals surface area contributed by atoms with Crippen molar-refractivity contribution in [3.63, 3.8) is 0 Å². The lowest BCUT2D eigenvalue weighted by Crippen LogP contribution is -2.54. The highest BCUT2D eigenvalue weighted by atomic mass is 79.9. The molecule has 0 aliphatic rings. The molecule has 0 spiro atoms. The fraction of sp³-hybridized carbons (Fsp3) is 0.310. The first kappa shape index (κ1) is 29.4. The number of nitrogens with one attached hydrogen (secondary N) is 1. The van der Waals surface area contributed by atoms with E-state index < -0.39 is 28.5 Å². The molecule has 0 radical (unpaired) electrons. The SMILES string of the molecule is CC[C@H](C)NC(=O)[C@@H](Cc1ccccc1)N(Cc1ccccc1)C(=O)CN(c1ccc(Br)cc1)S(C)(=O)=O. The maximum Gasteiger partial charge on any atom is 0.244 e. The van der Waals surface area contributed by atoms with Gasteiger partial charge in [0.1, 0.15) is 12.6 Å². The van der Waals surface area contributed by atoms with Crippen LogP contribution < -0.4 is 9.62 Å². The highest BCUT2D eigenvalue weighted by Gasteiger charge is 2.33. The van der Waals surface area contributed by atoms with Gasteiger partial charge in [0, 0.05) is 23.5 Å². The van der Waals surface area contributed by atoms with Gasteiger partial charge >= 0.3 is 0 Å². The van der Waals surface area contributed by atoms with Crippen LogP contribution in [0.4, 0.5) is 5.69 Å². The first-order chi connectivity index (χ1) is 18.1. The number of amides is 2. The van der Waals surface area contributed by atoms with Crippen molar-refractivity contribution in [1.82, 2.24) is 10.2 Å². The summed E-state index contributed by atoms with van der Waals surface area (Å²) in [6, 6.07) is 24.7. The number of carbonyl (C=O) groups excluding carboxylic acids is 2. The van der Waals surface area contributed by atoms with E-state index in [4.69, 9.17) is 0 Å². The number of hydrogen-bond acceptors (Lipinski definition) is 4. The summed E-state index contributed by atoms with van der Waals surface area (Å²) >= 11 is 3.36. The van der Waals surface area contributed by atoms with Gasteiger partial charge in [-0.15, -0.1) is 0 Å². The molecular formula is C29H34BrN3O4S. The molecule has 0 bridgehead atoms. The maximum atomic E-state index is 14.0. The minimum atomic E-state index is -3.79. The van der Waals surface area contributed by atoms with Crippen LogP contribution >= 0.6 is 15.9 Å². The molecule has 3 aromatic carbocycles. The number of rotatable bonds is 12. The number of nitrogens with zero attached hydrogens (tertiary/aromatic N) is 2. The number of halogens is 1. The molecule has 2 atom stereocenters. The maximum absolute atomic E-state index is 14.0. The Morgan fingerprint density at radius 1 is 0.895 bits per heavy atom. The van der Waals surface area contributed by atoms with Crippen molar-refractivity contribution < 1.29 is 18.0 Å². The van der Waals surface area contributed by atoms with Gasteiger partial charge in [-0.1, -0.05) is 83.5 Å². The van der Waals surface area contributed by atoms with E-state index in [2.05, 4.69) is 21.2 Å². The summed E-state index contributed by atoms with van der Waals surface area (Å²) < 4.78 is 27.4. The number of carbonyl (C=O) groups is 2. The number of hydrogen-bond donors (Lipinski definition) is 1. The standard InChI is InChI=1S/C29H34BrN3O4S/c1-4-22(2)31-29(35)27(19-23-11-7-5-8-12-23)32(20-24-13-9-6-10-14-24)28(34)21-33(38(3,36)37)26-17-15-25(30)16-18-26/h5-18,22,27H,4,19-21H2,1-3H3,(H,31,35)/t22-,27+/m0/s1. The highest BCUT2D eigenvalue weighted by molar-refractivity contribution is 9.10. The average molecular weight is 601 g/mol. The molecule has 0 unspecified atom stereocenters. The molecule has 1 N–H and O–H groups in total. The Bertz CT molecular complexity index is 1300. The third-order valence-corrected chi connectivity index (χ3v) is 7.93. The van der Waals surface area contributed by atoms with Crippen molar-refractivity contribution in [1.29, 1.82) is 0 Å². The van der Waals surface area contributed by atoms with Gasteiger partial charge in [0.05, 0.1) is 11.9 Å². The van der Waals surface area contributed by atoms with Crippen molar-refractivity contribution in [2.24, 2.45) is 0 Å². The van der Waals surface area contributed by atoms with Crippen molar-refractivity contribution in [3.8, 4) is 0 Å². The van der Waals surface area contributed by atoms with Gasteiger partial charge in [0.25, 0.3) is 0 Å². The average Bonchev–Trinajstić information content (AvgIpc) is 2.90. The van der Waals surface area contributed by atoms with Crippen LogP contribution in [0, 0.1) is 0 Å². The van der Waals surface area contributed by atoms with Gasteiger partial charge in [-0.25, -0.2) is 8.42 Å². The van der Waals surface area contributed by atoms with Gasteiger partial charge in [0.2, 0.25) is 21.8 Å². The summed E-state index contributed by atoms with van der Waals surface area (Å²) in [5, 5.41) is 3.02. The molecule has 0 saturated carbocycles. The molecule has 3 rings (SSSR count). The number of sulfonamides is 1. The lowest BCUT2D eigenvalue weighted by Gasteiger charge is -2.34. The first-order valence-corrected chi connectivity index (χ1v) is 15.1. The zero-order valence-corrected chi connectivity index (χ0v) is 24.3. The second-order valence-electron chi connectivity index (χ2n) is 9.28. The summed E-state index contributed by atoms with van der Waals surface area (Å²) in [7, 11) is -3.79. The summed E-state index contributed by atoms with van der Waals surface area (Å²) in [5.41, 5.74) is 2.10. The fourth-order valence-electron chi connectivity index (χ4n) is 4.00. The quantitative estimate of drug-likeness (QED) is 0.325. The topological polar surface area (TPSA) is 86.8 Å². The van der Waals surface area contributed by atoms with Crippen LogP contribution in [0.1, 0.15) is 31.4 Å². The Morgan fingerprint density at radius 2 is 1.45 bits per heavy atom. The van der Waals surface area contributed by atoms with Crippen LogP contribution in [0.25, 0.3) is 0 Å². The van der Waals surface area contributed by atoms with E-state index in [0.29, 0.717) is 12.1 Å². The van der Waals surface area contributed by atoms with E-state index in [0.717, 1.165) is 32.6 Å². The molecule has 0 fully saturated rings. The van der Waals surface area contributed by atoms with E-state index in [-0.39, 0.29) is 18.5 Å². The fourth-order valence-corrected chi connectivity index (χ4v) is 5.11. The normalized spacial score (nSPS) is 12.8. The Hall–Kier alpha value is -3.17. The second-order valence-corrected chi connectivity index (χ2v) is 12.1. The Kier molecular flexibility index (Phi) is 10.5. The summed E-state index contributed by atoms with van der Waals surface area (Å²) in [6.45, 7) is 3.62. The largest absolute Gasteiger partial charge is 0.352 e. The molecule has 3 aromatic rings. The Labute approximate surface area is 234 Å². The number of benzene rings is 3. The third kappa shape index (κ3) is 8.43. The molecule has 0 aliphatic carbocycles. The summed E-state index contributed by atoms with van der Waals surface area (Å²) in [4.78, 5) is 29.1. The minimum absolute atomic E-state index is 0.0789. The zero-order chi connectivity index (χ0) is 27.7. The van der Waals surface area contributed by atoms with Crippen molar-refractivity contribution in [2.45, 2.75) is 45.3 Å². The second kappa shape index (κ2) is 13.6. The molecular weight excluding hydrogens is 566 g/mol. The predicted molar refractivity (Wildman–Crippen MR) is 155 cm³/mol. The van der Waals surface area contributed by atoms with Gasteiger partial charge in [-0.2, -0.15) is 0 Å². The van der Waals surface area contributed by atoms with Gasteiger partial charge in [-0.05, 0) is 48.7 Å². The van der Waals surface area contributed by atoms with Crippen LogP contribution in [-0.2, 0) is 32.6 Å². The summed E-state index contributed by atoms with van der Waals surface area (Å²) in [5.74, 6) is -0.746. The highest BCUT2D eigenvalue weighted by Crippen LogP contribution is 2.22. The minimum Gasteiger partial charge on any atom is -0.352 e. The van der Waals surface area contributed by atoms with Gasteiger partial charge < -0.3 is 10.2 Å². The molecule has 0 heterocycles. The van der Waals surface area contributed by atoms with E-state index in [1.807, 2.05) is 74.5 Å². The van der Waals surface area contributed by atoms with Crippen LogP contribution in [0.3, 0.4) is 0 Å².